The molecular formula is C23H31N3O3. The van der Waals surface area contributed by atoms with Crippen molar-refractivity contribution in [2.24, 2.45) is 10.8 Å². The van der Waals surface area contributed by atoms with Gasteiger partial charge in [0.1, 0.15) is 5.75 Å². The number of likely N-dealkylation sites (tertiary alicyclic amines) is 1. The zero-order chi connectivity index (χ0) is 20.3. The van der Waals surface area contributed by atoms with Crippen LogP contribution in [0.2, 0.25) is 0 Å². The highest BCUT2D eigenvalue weighted by atomic mass is 16.5. The van der Waals surface area contributed by atoms with E-state index in [9.17, 15) is 9.90 Å². The second-order valence-electron chi connectivity index (χ2n) is 9.30. The number of ether oxygens (including phenoxy) is 1. The minimum absolute atomic E-state index is 0.0533. The highest BCUT2D eigenvalue weighted by Gasteiger charge is 2.47. The van der Waals surface area contributed by atoms with Gasteiger partial charge < -0.3 is 20.1 Å². The molecule has 3 fully saturated rings. The molecule has 0 aromatic heterocycles. The third kappa shape index (κ3) is 4.73. The summed E-state index contributed by atoms with van der Waals surface area (Å²) in [6, 6.07) is 10.2. The van der Waals surface area contributed by atoms with Crippen LogP contribution < -0.4 is 10.1 Å². The van der Waals surface area contributed by atoms with Gasteiger partial charge in [0.25, 0.3) is 0 Å². The Morgan fingerprint density at radius 2 is 2.03 bits per heavy atom. The SMILES string of the molecule is N#Cc1cccc(OCC2(CNC3CC3)CCN(CC3(C(=O)O)CCC3)CC2)c1. The Kier molecular flexibility index (Phi) is 5.80. The summed E-state index contributed by atoms with van der Waals surface area (Å²) < 4.78 is 6.15. The van der Waals surface area contributed by atoms with Crippen molar-refractivity contribution in [3.05, 3.63) is 29.8 Å². The number of aliphatic carboxylic acids is 1. The number of carbonyl (C=O) groups is 1. The third-order valence-electron chi connectivity index (χ3n) is 7.06. The molecule has 0 bridgehead atoms. The van der Waals surface area contributed by atoms with Crippen LogP contribution in [-0.4, -0.2) is 54.8 Å². The van der Waals surface area contributed by atoms with Crippen LogP contribution in [0.25, 0.3) is 0 Å². The van der Waals surface area contributed by atoms with E-state index in [1.54, 1.807) is 12.1 Å². The molecule has 2 aliphatic carbocycles. The Hall–Kier alpha value is -2.10. The van der Waals surface area contributed by atoms with Crippen molar-refractivity contribution >= 4 is 5.97 Å². The molecule has 0 amide bonds. The quantitative estimate of drug-likeness (QED) is 0.666. The standard InChI is InChI=1S/C23H31N3O3/c24-14-18-3-1-4-20(13-18)29-17-22(15-25-19-5-6-19)9-11-26(12-10-22)16-23(21(27)28)7-2-8-23/h1,3-4,13,19,25H,2,5-12,15-17H2,(H,27,28). The number of carboxylic acids is 1. The van der Waals surface area contributed by atoms with Gasteiger partial charge in [-0.1, -0.05) is 12.5 Å². The monoisotopic (exact) mass is 397 g/mol. The van der Waals surface area contributed by atoms with Gasteiger partial charge in [-0.25, -0.2) is 0 Å². The van der Waals surface area contributed by atoms with Gasteiger partial charge in [-0.2, -0.15) is 5.26 Å². The normalized spacial score (nSPS) is 23.0. The number of hydrogen-bond donors (Lipinski definition) is 2. The minimum atomic E-state index is -0.628. The summed E-state index contributed by atoms with van der Waals surface area (Å²) >= 11 is 0. The molecule has 6 heteroatoms. The second kappa shape index (κ2) is 8.33. The van der Waals surface area contributed by atoms with Crippen LogP contribution in [0.3, 0.4) is 0 Å². The second-order valence-corrected chi connectivity index (χ2v) is 9.30. The molecule has 2 N–H and O–H groups in total. The molecule has 0 radical (unpaired) electrons. The third-order valence-corrected chi connectivity index (χ3v) is 7.06. The zero-order valence-electron chi connectivity index (χ0n) is 17.0. The predicted molar refractivity (Wildman–Crippen MR) is 110 cm³/mol. The minimum Gasteiger partial charge on any atom is -0.493 e. The summed E-state index contributed by atoms with van der Waals surface area (Å²) in [5.41, 5.74) is 0.153. The Morgan fingerprint density at radius 1 is 1.28 bits per heavy atom. The van der Waals surface area contributed by atoms with Gasteiger partial charge in [0.15, 0.2) is 0 Å². The van der Waals surface area contributed by atoms with E-state index in [0.29, 0.717) is 24.8 Å². The maximum Gasteiger partial charge on any atom is 0.310 e. The molecule has 0 atom stereocenters. The Bertz CT molecular complexity index is 772. The highest BCUT2D eigenvalue weighted by molar-refractivity contribution is 5.76. The summed E-state index contributed by atoms with van der Waals surface area (Å²) in [4.78, 5) is 14.1. The first-order chi connectivity index (χ1) is 14.0. The van der Waals surface area contributed by atoms with Crippen LogP contribution in [-0.2, 0) is 4.79 Å². The average molecular weight is 398 g/mol. The molecule has 0 unspecified atom stereocenters. The lowest BCUT2D eigenvalue weighted by atomic mass is 9.68. The fourth-order valence-electron chi connectivity index (χ4n) is 4.57. The van der Waals surface area contributed by atoms with Crippen molar-refractivity contribution in [1.29, 1.82) is 5.26 Å². The van der Waals surface area contributed by atoms with Crippen molar-refractivity contribution in [3.63, 3.8) is 0 Å². The van der Waals surface area contributed by atoms with Crippen molar-refractivity contribution < 1.29 is 14.6 Å². The summed E-state index contributed by atoms with van der Waals surface area (Å²) in [6.45, 7) is 4.08. The molecule has 1 aliphatic heterocycles. The summed E-state index contributed by atoms with van der Waals surface area (Å²) in [7, 11) is 0. The number of hydrogen-bond acceptors (Lipinski definition) is 5. The van der Waals surface area contributed by atoms with Gasteiger partial charge in [-0.05, 0) is 69.8 Å². The lowest BCUT2D eigenvalue weighted by molar-refractivity contribution is -0.156. The van der Waals surface area contributed by atoms with Crippen molar-refractivity contribution in [2.75, 3.05) is 32.8 Å². The molecule has 2 saturated carbocycles. The first-order valence-electron chi connectivity index (χ1n) is 10.8. The molecule has 1 aromatic carbocycles. The van der Waals surface area contributed by atoms with Gasteiger partial charge in [-0.15, -0.1) is 0 Å². The number of piperidine rings is 1. The molecule has 156 valence electrons. The first kappa shape index (κ1) is 20.2. The van der Waals surface area contributed by atoms with Gasteiger partial charge in [0, 0.05) is 24.5 Å². The maximum absolute atomic E-state index is 11.7. The zero-order valence-corrected chi connectivity index (χ0v) is 17.0. The number of benzene rings is 1. The molecule has 1 heterocycles. The van der Waals surface area contributed by atoms with E-state index >= 15 is 0 Å². The van der Waals surface area contributed by atoms with Crippen LogP contribution in [0.4, 0.5) is 0 Å². The summed E-state index contributed by atoms with van der Waals surface area (Å²) in [5, 5.41) is 22.4. The molecule has 3 aliphatic rings. The van der Waals surface area contributed by atoms with E-state index in [0.717, 1.165) is 57.5 Å². The molecule has 29 heavy (non-hydrogen) atoms. The van der Waals surface area contributed by atoms with Gasteiger partial charge in [0.05, 0.1) is 23.7 Å². The van der Waals surface area contributed by atoms with Gasteiger partial charge in [0.2, 0.25) is 0 Å². The molecular weight excluding hydrogens is 366 g/mol. The fourth-order valence-corrected chi connectivity index (χ4v) is 4.57. The molecule has 0 spiro atoms. The lowest BCUT2D eigenvalue weighted by Gasteiger charge is -2.46. The van der Waals surface area contributed by atoms with E-state index in [1.807, 2.05) is 12.1 Å². The molecule has 6 nitrogen and oxygen atoms in total. The Labute approximate surface area is 172 Å². The number of nitrogens with zero attached hydrogens (tertiary/aromatic N) is 2. The Balaban J connectivity index is 1.37. The van der Waals surface area contributed by atoms with Gasteiger partial charge in [-0.3, -0.25) is 4.79 Å². The maximum atomic E-state index is 11.7. The number of nitriles is 1. The van der Waals surface area contributed by atoms with Crippen LogP contribution in [0.15, 0.2) is 24.3 Å². The van der Waals surface area contributed by atoms with Crippen molar-refractivity contribution in [2.45, 2.75) is 51.0 Å². The van der Waals surface area contributed by atoms with E-state index in [-0.39, 0.29) is 5.41 Å². The highest BCUT2D eigenvalue weighted by Crippen LogP contribution is 2.43. The van der Waals surface area contributed by atoms with Crippen LogP contribution in [0.1, 0.15) is 50.5 Å². The van der Waals surface area contributed by atoms with Crippen LogP contribution in [0.5, 0.6) is 5.75 Å². The molecule has 1 aromatic rings. The molecule has 1 saturated heterocycles. The summed E-state index contributed by atoms with van der Waals surface area (Å²) in [5.74, 6) is 0.119. The number of rotatable bonds is 9. The van der Waals surface area contributed by atoms with Crippen molar-refractivity contribution in [3.8, 4) is 11.8 Å². The Morgan fingerprint density at radius 3 is 2.62 bits per heavy atom. The summed E-state index contributed by atoms with van der Waals surface area (Å²) in [6.07, 6.45) is 7.17. The molecule has 4 rings (SSSR count). The van der Waals surface area contributed by atoms with Crippen LogP contribution in [0, 0.1) is 22.2 Å². The predicted octanol–water partition coefficient (Wildman–Crippen LogP) is 3.03. The average Bonchev–Trinajstić information content (AvgIpc) is 3.53. The fraction of sp³-hybridized carbons (Fsp3) is 0.652. The smallest absolute Gasteiger partial charge is 0.310 e. The number of carboxylic acid groups (broad SMARTS) is 1. The van der Waals surface area contributed by atoms with Gasteiger partial charge >= 0.3 is 5.97 Å². The van der Waals surface area contributed by atoms with Crippen molar-refractivity contribution in [1.82, 2.24) is 10.2 Å². The largest absolute Gasteiger partial charge is 0.493 e. The van der Waals surface area contributed by atoms with Crippen LogP contribution >= 0.6 is 0 Å². The number of nitrogens with one attached hydrogen (secondary N) is 1. The van der Waals surface area contributed by atoms with E-state index < -0.39 is 11.4 Å². The first-order valence-corrected chi connectivity index (χ1v) is 10.8. The topological polar surface area (TPSA) is 85.6 Å². The van der Waals surface area contributed by atoms with E-state index in [4.69, 9.17) is 10.00 Å². The van der Waals surface area contributed by atoms with E-state index in [2.05, 4.69) is 16.3 Å². The lowest BCUT2D eigenvalue weighted by Crippen LogP contribution is -2.53. The van der Waals surface area contributed by atoms with E-state index in [1.165, 1.54) is 12.8 Å².